The normalized spacial score (nSPS) is 19.3. The van der Waals surface area contributed by atoms with E-state index in [4.69, 9.17) is 4.74 Å². The van der Waals surface area contributed by atoms with Gasteiger partial charge in [0.25, 0.3) is 5.91 Å². The molecule has 0 N–H and O–H groups in total. The standard InChI is InChI=1S/C28H35N3O3/c1-4-14-29-16-18-30(19-17-29)28(33)26(5-2)34-24-12-11-22-13-15-31(21(3)32)27(25(22)20-24)23-9-7-6-8-10-23/h4,6-12,20,26-27H,1,5,13-19H2,2-3H3/t26-,27-/m1/s1. The topological polar surface area (TPSA) is 53.1 Å². The Morgan fingerprint density at radius 2 is 1.82 bits per heavy atom. The molecule has 0 unspecified atom stereocenters. The van der Waals surface area contributed by atoms with Crippen molar-refractivity contribution in [2.45, 2.75) is 38.8 Å². The van der Waals surface area contributed by atoms with E-state index in [9.17, 15) is 9.59 Å². The van der Waals surface area contributed by atoms with Crippen LogP contribution in [-0.4, -0.2) is 71.9 Å². The Labute approximate surface area is 202 Å². The average Bonchev–Trinajstić information content (AvgIpc) is 2.87. The molecule has 2 heterocycles. The summed E-state index contributed by atoms with van der Waals surface area (Å²) in [6.07, 6.45) is 2.79. The molecule has 0 aromatic heterocycles. The average molecular weight is 462 g/mol. The quantitative estimate of drug-likeness (QED) is 0.591. The molecule has 180 valence electrons. The second-order valence-electron chi connectivity index (χ2n) is 9.07. The molecule has 0 bridgehead atoms. The van der Waals surface area contributed by atoms with Crippen LogP contribution in [0.25, 0.3) is 0 Å². The Kier molecular flexibility index (Phi) is 7.68. The van der Waals surface area contributed by atoms with Gasteiger partial charge in [0.05, 0.1) is 6.04 Å². The number of carbonyl (C=O) groups excluding carboxylic acids is 2. The summed E-state index contributed by atoms with van der Waals surface area (Å²) in [7, 11) is 0. The molecular formula is C28H35N3O3. The van der Waals surface area contributed by atoms with Crippen LogP contribution in [0.2, 0.25) is 0 Å². The van der Waals surface area contributed by atoms with Gasteiger partial charge in [-0.1, -0.05) is 49.4 Å². The molecule has 0 saturated carbocycles. The number of nitrogens with zero attached hydrogens (tertiary/aromatic N) is 3. The lowest BCUT2D eigenvalue weighted by Gasteiger charge is -2.38. The van der Waals surface area contributed by atoms with E-state index in [0.29, 0.717) is 31.8 Å². The largest absolute Gasteiger partial charge is 0.481 e. The fraction of sp³-hybridized carbons (Fsp3) is 0.429. The number of hydrogen-bond donors (Lipinski definition) is 0. The van der Waals surface area contributed by atoms with Crippen LogP contribution in [0.15, 0.2) is 61.2 Å². The Morgan fingerprint density at radius 1 is 1.09 bits per heavy atom. The van der Waals surface area contributed by atoms with Gasteiger partial charge in [-0.15, -0.1) is 6.58 Å². The van der Waals surface area contributed by atoms with Crippen LogP contribution in [-0.2, 0) is 16.0 Å². The van der Waals surface area contributed by atoms with E-state index in [0.717, 1.165) is 37.2 Å². The number of fused-ring (bicyclic) bond motifs is 1. The first-order chi connectivity index (χ1) is 16.5. The minimum atomic E-state index is -0.522. The van der Waals surface area contributed by atoms with E-state index in [1.165, 1.54) is 5.56 Å². The van der Waals surface area contributed by atoms with Gasteiger partial charge in [-0.2, -0.15) is 0 Å². The number of rotatable bonds is 7. The monoisotopic (exact) mass is 461 g/mol. The van der Waals surface area contributed by atoms with Crippen molar-refractivity contribution in [3.63, 3.8) is 0 Å². The van der Waals surface area contributed by atoms with Crippen molar-refractivity contribution >= 4 is 11.8 Å². The third-order valence-corrected chi connectivity index (χ3v) is 6.86. The van der Waals surface area contributed by atoms with E-state index < -0.39 is 6.10 Å². The second-order valence-corrected chi connectivity index (χ2v) is 9.07. The molecule has 6 heteroatoms. The van der Waals surface area contributed by atoms with Crippen molar-refractivity contribution in [3.05, 3.63) is 77.9 Å². The van der Waals surface area contributed by atoms with E-state index in [2.05, 4.69) is 29.7 Å². The third kappa shape index (κ3) is 5.17. The maximum atomic E-state index is 13.2. The smallest absolute Gasteiger partial charge is 0.263 e. The SMILES string of the molecule is C=CCN1CCN(C(=O)[C@@H](CC)Oc2ccc3c(c2)[C@@H](c2ccccc2)N(C(C)=O)CC3)CC1. The number of piperazine rings is 1. The number of benzene rings is 2. The molecule has 6 nitrogen and oxygen atoms in total. The summed E-state index contributed by atoms with van der Waals surface area (Å²) < 4.78 is 6.27. The fourth-order valence-electron chi connectivity index (χ4n) is 5.01. The number of ether oxygens (including phenoxy) is 1. The van der Waals surface area contributed by atoms with Crippen molar-refractivity contribution in [3.8, 4) is 5.75 Å². The molecule has 2 aromatic rings. The Morgan fingerprint density at radius 3 is 2.47 bits per heavy atom. The predicted molar refractivity (Wildman–Crippen MR) is 134 cm³/mol. The molecular weight excluding hydrogens is 426 g/mol. The molecule has 1 fully saturated rings. The zero-order valence-corrected chi connectivity index (χ0v) is 20.3. The summed E-state index contributed by atoms with van der Waals surface area (Å²) in [6.45, 7) is 12.1. The van der Waals surface area contributed by atoms with Crippen LogP contribution in [0.4, 0.5) is 0 Å². The third-order valence-electron chi connectivity index (χ3n) is 6.86. The van der Waals surface area contributed by atoms with Crippen molar-refractivity contribution in [1.29, 1.82) is 0 Å². The minimum absolute atomic E-state index is 0.0449. The first-order valence-corrected chi connectivity index (χ1v) is 12.3. The predicted octanol–water partition coefficient (Wildman–Crippen LogP) is 3.67. The highest BCUT2D eigenvalue weighted by Gasteiger charge is 2.32. The van der Waals surface area contributed by atoms with Gasteiger partial charge >= 0.3 is 0 Å². The summed E-state index contributed by atoms with van der Waals surface area (Å²) in [5.41, 5.74) is 3.37. The van der Waals surface area contributed by atoms with Crippen LogP contribution in [0.3, 0.4) is 0 Å². The van der Waals surface area contributed by atoms with E-state index in [1.807, 2.05) is 53.1 Å². The molecule has 4 rings (SSSR count). The number of carbonyl (C=O) groups is 2. The highest BCUT2D eigenvalue weighted by Crippen LogP contribution is 2.37. The molecule has 2 aliphatic heterocycles. The summed E-state index contributed by atoms with van der Waals surface area (Å²) in [4.78, 5) is 31.8. The van der Waals surface area contributed by atoms with E-state index >= 15 is 0 Å². The molecule has 1 saturated heterocycles. The summed E-state index contributed by atoms with van der Waals surface area (Å²) in [5.74, 6) is 0.780. The van der Waals surface area contributed by atoms with Crippen LogP contribution >= 0.6 is 0 Å². The van der Waals surface area contributed by atoms with Crippen LogP contribution in [0.5, 0.6) is 5.75 Å². The van der Waals surface area contributed by atoms with Gasteiger partial charge < -0.3 is 14.5 Å². The van der Waals surface area contributed by atoms with Gasteiger partial charge in [0.15, 0.2) is 6.10 Å². The summed E-state index contributed by atoms with van der Waals surface area (Å²) in [5, 5.41) is 0. The van der Waals surface area contributed by atoms with Crippen LogP contribution < -0.4 is 4.74 Å². The van der Waals surface area contributed by atoms with Gasteiger partial charge in [0.1, 0.15) is 5.75 Å². The zero-order valence-electron chi connectivity index (χ0n) is 20.3. The van der Waals surface area contributed by atoms with Crippen molar-refractivity contribution in [1.82, 2.24) is 14.7 Å². The molecule has 0 radical (unpaired) electrons. The Balaban J connectivity index is 1.54. The van der Waals surface area contributed by atoms with Gasteiger partial charge in [-0.05, 0) is 41.7 Å². The first kappa shape index (κ1) is 24.0. The number of amides is 2. The Hall–Kier alpha value is -3.12. The molecule has 2 atom stereocenters. The van der Waals surface area contributed by atoms with Gasteiger partial charge in [-0.3, -0.25) is 14.5 Å². The van der Waals surface area contributed by atoms with Gasteiger partial charge in [0.2, 0.25) is 5.91 Å². The lowest BCUT2D eigenvalue weighted by molar-refractivity contribution is -0.140. The fourth-order valence-corrected chi connectivity index (χ4v) is 5.01. The lowest BCUT2D eigenvalue weighted by atomic mass is 9.88. The molecule has 2 aromatic carbocycles. The zero-order chi connectivity index (χ0) is 24.1. The van der Waals surface area contributed by atoms with Crippen molar-refractivity contribution in [2.75, 3.05) is 39.3 Å². The first-order valence-electron chi connectivity index (χ1n) is 12.3. The lowest BCUT2D eigenvalue weighted by Crippen LogP contribution is -2.52. The Bertz CT molecular complexity index is 1010. The van der Waals surface area contributed by atoms with E-state index in [-0.39, 0.29) is 17.9 Å². The molecule has 2 aliphatic rings. The maximum Gasteiger partial charge on any atom is 0.263 e. The highest BCUT2D eigenvalue weighted by molar-refractivity contribution is 5.81. The maximum absolute atomic E-state index is 13.2. The minimum Gasteiger partial charge on any atom is -0.481 e. The highest BCUT2D eigenvalue weighted by atomic mass is 16.5. The van der Waals surface area contributed by atoms with Gasteiger partial charge in [0, 0.05) is 46.2 Å². The van der Waals surface area contributed by atoms with Gasteiger partial charge in [-0.25, -0.2) is 0 Å². The van der Waals surface area contributed by atoms with Crippen LogP contribution in [0.1, 0.15) is 43.0 Å². The van der Waals surface area contributed by atoms with Crippen molar-refractivity contribution < 1.29 is 14.3 Å². The second kappa shape index (κ2) is 10.9. The summed E-state index contributed by atoms with van der Waals surface area (Å²) in [6, 6.07) is 16.0. The number of hydrogen-bond acceptors (Lipinski definition) is 4. The van der Waals surface area contributed by atoms with E-state index in [1.54, 1.807) is 6.92 Å². The molecule has 0 spiro atoms. The molecule has 0 aliphatic carbocycles. The van der Waals surface area contributed by atoms with Crippen LogP contribution in [0, 0.1) is 0 Å². The van der Waals surface area contributed by atoms with Crippen molar-refractivity contribution in [2.24, 2.45) is 0 Å². The molecule has 2 amide bonds. The summed E-state index contributed by atoms with van der Waals surface area (Å²) >= 11 is 0. The molecule has 34 heavy (non-hydrogen) atoms.